The van der Waals surface area contributed by atoms with Gasteiger partial charge in [-0.3, -0.25) is 9.48 Å². The molecular weight excluding hydrogens is 281 g/mol. The lowest BCUT2D eigenvalue weighted by molar-refractivity contribution is -0.137. The molecule has 1 aromatic heterocycles. The molecule has 1 heterocycles. The van der Waals surface area contributed by atoms with E-state index >= 15 is 0 Å². The first-order chi connectivity index (χ1) is 9.86. The van der Waals surface area contributed by atoms with Crippen molar-refractivity contribution in [3.05, 3.63) is 52.8 Å². The van der Waals surface area contributed by atoms with Crippen molar-refractivity contribution in [1.29, 1.82) is 0 Å². The molecule has 0 aliphatic rings. The second-order valence-corrected chi connectivity index (χ2v) is 4.60. The lowest BCUT2D eigenvalue weighted by Crippen LogP contribution is -2.12. The summed E-state index contributed by atoms with van der Waals surface area (Å²) in [6.07, 6.45) is -3.80. The molecule has 0 aliphatic carbocycles. The molecule has 0 fully saturated rings. The van der Waals surface area contributed by atoms with Gasteiger partial charge in [-0.25, -0.2) is 0 Å². The van der Waals surface area contributed by atoms with Crippen LogP contribution in [0.1, 0.15) is 41.2 Å². The number of carbonyl (C=O) groups is 1. The van der Waals surface area contributed by atoms with Crippen LogP contribution >= 0.6 is 0 Å². The third-order valence-electron chi connectivity index (χ3n) is 3.18. The summed E-state index contributed by atoms with van der Waals surface area (Å²) in [5.41, 5.74) is 0.245. The number of aromatic nitrogens is 2. The number of ketones is 1. The van der Waals surface area contributed by atoms with E-state index in [0.29, 0.717) is 18.7 Å². The Morgan fingerprint density at radius 2 is 1.95 bits per heavy atom. The summed E-state index contributed by atoms with van der Waals surface area (Å²) >= 11 is 0. The maximum absolute atomic E-state index is 12.7. The SMILES string of the molecule is CCc1cc(C(=O)c2cccc(C(F)(F)F)c2)n(CC)n1. The van der Waals surface area contributed by atoms with Gasteiger partial charge in [0.2, 0.25) is 5.78 Å². The normalized spacial score (nSPS) is 11.7. The van der Waals surface area contributed by atoms with Gasteiger partial charge in [0.25, 0.3) is 0 Å². The van der Waals surface area contributed by atoms with E-state index in [4.69, 9.17) is 0 Å². The van der Waals surface area contributed by atoms with Crippen molar-refractivity contribution in [2.45, 2.75) is 33.0 Å². The third kappa shape index (κ3) is 3.15. The maximum Gasteiger partial charge on any atom is 0.416 e. The number of carbonyl (C=O) groups excluding carboxylic acids is 1. The molecule has 0 radical (unpaired) electrons. The Balaban J connectivity index is 2.43. The van der Waals surface area contributed by atoms with Crippen LogP contribution in [0.3, 0.4) is 0 Å². The van der Waals surface area contributed by atoms with E-state index in [1.165, 1.54) is 16.8 Å². The van der Waals surface area contributed by atoms with Crippen molar-refractivity contribution >= 4 is 5.78 Å². The van der Waals surface area contributed by atoms with Gasteiger partial charge in [-0.15, -0.1) is 0 Å². The maximum atomic E-state index is 12.7. The summed E-state index contributed by atoms with van der Waals surface area (Å²) in [6, 6.07) is 6.08. The largest absolute Gasteiger partial charge is 0.416 e. The van der Waals surface area contributed by atoms with Gasteiger partial charge in [-0.1, -0.05) is 19.1 Å². The first-order valence-corrected chi connectivity index (χ1v) is 6.65. The molecule has 0 atom stereocenters. The number of halogens is 3. The Morgan fingerprint density at radius 1 is 1.24 bits per heavy atom. The number of nitrogens with zero attached hydrogens (tertiary/aromatic N) is 2. The fourth-order valence-electron chi connectivity index (χ4n) is 2.05. The van der Waals surface area contributed by atoms with Crippen LogP contribution in [0.4, 0.5) is 13.2 Å². The smallest absolute Gasteiger partial charge is 0.287 e. The van der Waals surface area contributed by atoms with Crippen LogP contribution < -0.4 is 0 Å². The highest BCUT2D eigenvalue weighted by Gasteiger charge is 2.31. The van der Waals surface area contributed by atoms with Crippen LogP contribution in [0.25, 0.3) is 0 Å². The van der Waals surface area contributed by atoms with Crippen LogP contribution in [-0.2, 0) is 19.1 Å². The summed E-state index contributed by atoms with van der Waals surface area (Å²) in [5, 5.41) is 4.24. The predicted molar refractivity (Wildman–Crippen MR) is 72.2 cm³/mol. The Morgan fingerprint density at radius 3 is 2.52 bits per heavy atom. The molecule has 3 nitrogen and oxygen atoms in total. The predicted octanol–water partition coefficient (Wildman–Crippen LogP) is 3.72. The standard InChI is InChI=1S/C15H15F3N2O/c1-3-12-9-13(20(4-2)19-12)14(21)10-6-5-7-11(8-10)15(16,17)18/h5-9H,3-4H2,1-2H3. The quantitative estimate of drug-likeness (QED) is 0.806. The zero-order valence-corrected chi connectivity index (χ0v) is 11.7. The highest BCUT2D eigenvalue weighted by Crippen LogP contribution is 2.30. The van der Waals surface area contributed by atoms with Gasteiger partial charge >= 0.3 is 6.18 Å². The van der Waals surface area contributed by atoms with Crippen LogP contribution in [0.2, 0.25) is 0 Å². The molecule has 1 aromatic carbocycles. The van der Waals surface area contributed by atoms with E-state index in [0.717, 1.165) is 17.8 Å². The molecule has 6 heteroatoms. The molecule has 0 aliphatic heterocycles. The molecule has 0 N–H and O–H groups in total. The van der Waals surface area contributed by atoms with Crippen molar-refractivity contribution < 1.29 is 18.0 Å². The third-order valence-corrected chi connectivity index (χ3v) is 3.18. The lowest BCUT2D eigenvalue weighted by Gasteiger charge is -2.08. The second kappa shape index (κ2) is 5.71. The molecule has 0 amide bonds. The minimum absolute atomic E-state index is 0.0158. The molecule has 0 spiro atoms. The number of aryl methyl sites for hydroxylation is 2. The summed E-state index contributed by atoms with van der Waals surface area (Å²) < 4.78 is 39.6. The summed E-state index contributed by atoms with van der Waals surface area (Å²) in [6.45, 7) is 4.22. The van der Waals surface area contributed by atoms with Gasteiger partial charge in [-0.05, 0) is 31.5 Å². The zero-order chi connectivity index (χ0) is 15.6. The number of hydrogen-bond donors (Lipinski definition) is 0. The van der Waals surface area contributed by atoms with Crippen molar-refractivity contribution in [2.24, 2.45) is 0 Å². The monoisotopic (exact) mass is 296 g/mol. The van der Waals surface area contributed by atoms with Gasteiger partial charge in [0.15, 0.2) is 0 Å². The molecule has 0 bridgehead atoms. The number of hydrogen-bond acceptors (Lipinski definition) is 2. The van der Waals surface area contributed by atoms with E-state index in [1.54, 1.807) is 6.07 Å². The Labute approximate surface area is 120 Å². The first kappa shape index (κ1) is 15.3. The van der Waals surface area contributed by atoms with Gasteiger partial charge < -0.3 is 0 Å². The molecule has 2 aromatic rings. The lowest BCUT2D eigenvalue weighted by atomic mass is 10.0. The molecule has 2 rings (SSSR count). The van der Waals surface area contributed by atoms with Crippen LogP contribution in [0, 0.1) is 0 Å². The minimum Gasteiger partial charge on any atom is -0.287 e. The topological polar surface area (TPSA) is 34.9 Å². The molecular formula is C15H15F3N2O. The van der Waals surface area contributed by atoms with Crippen LogP contribution in [-0.4, -0.2) is 15.6 Å². The summed E-state index contributed by atoms with van der Waals surface area (Å²) in [5.74, 6) is -0.449. The number of alkyl halides is 3. The van der Waals surface area contributed by atoms with E-state index in [1.807, 2.05) is 13.8 Å². The summed E-state index contributed by atoms with van der Waals surface area (Å²) in [7, 11) is 0. The van der Waals surface area contributed by atoms with Crippen molar-refractivity contribution in [3.63, 3.8) is 0 Å². The summed E-state index contributed by atoms with van der Waals surface area (Å²) in [4.78, 5) is 12.4. The van der Waals surface area contributed by atoms with E-state index < -0.39 is 17.5 Å². The van der Waals surface area contributed by atoms with E-state index in [9.17, 15) is 18.0 Å². The average molecular weight is 296 g/mol. The average Bonchev–Trinajstić information content (AvgIpc) is 2.89. The number of rotatable bonds is 4. The fraction of sp³-hybridized carbons (Fsp3) is 0.333. The van der Waals surface area contributed by atoms with E-state index in [2.05, 4.69) is 5.10 Å². The Kier molecular flexibility index (Phi) is 4.16. The highest BCUT2D eigenvalue weighted by molar-refractivity contribution is 6.08. The van der Waals surface area contributed by atoms with Crippen LogP contribution in [0.5, 0.6) is 0 Å². The molecule has 0 unspecified atom stereocenters. The fourth-order valence-corrected chi connectivity index (χ4v) is 2.05. The van der Waals surface area contributed by atoms with Crippen molar-refractivity contribution in [2.75, 3.05) is 0 Å². The second-order valence-electron chi connectivity index (χ2n) is 4.60. The first-order valence-electron chi connectivity index (χ1n) is 6.65. The van der Waals surface area contributed by atoms with Crippen LogP contribution in [0.15, 0.2) is 30.3 Å². The van der Waals surface area contributed by atoms with Gasteiger partial charge in [0.05, 0.1) is 11.3 Å². The molecule has 0 saturated carbocycles. The van der Waals surface area contributed by atoms with Gasteiger partial charge in [-0.2, -0.15) is 18.3 Å². The zero-order valence-electron chi connectivity index (χ0n) is 11.7. The van der Waals surface area contributed by atoms with Crippen molar-refractivity contribution in [3.8, 4) is 0 Å². The Hall–Kier alpha value is -2.11. The molecule has 21 heavy (non-hydrogen) atoms. The number of benzene rings is 1. The molecule has 0 saturated heterocycles. The molecule has 112 valence electrons. The minimum atomic E-state index is -4.46. The highest BCUT2D eigenvalue weighted by atomic mass is 19.4. The van der Waals surface area contributed by atoms with E-state index in [-0.39, 0.29) is 5.56 Å². The van der Waals surface area contributed by atoms with Gasteiger partial charge in [0.1, 0.15) is 5.69 Å². The Bertz CT molecular complexity index is 659. The van der Waals surface area contributed by atoms with Crippen molar-refractivity contribution in [1.82, 2.24) is 9.78 Å². The van der Waals surface area contributed by atoms with Gasteiger partial charge in [0, 0.05) is 12.1 Å².